The number of imide groups is 1. The molecule has 0 aliphatic carbocycles. The van der Waals surface area contributed by atoms with Crippen molar-refractivity contribution in [1.29, 1.82) is 0 Å². The van der Waals surface area contributed by atoms with Gasteiger partial charge >= 0.3 is 13.9 Å². The molecule has 5 N–H and O–H groups in total. The largest absolute Gasteiger partial charge is 0.494 e. The van der Waals surface area contributed by atoms with Crippen LogP contribution in [0.25, 0.3) is 16.7 Å². The number of imidazole rings is 1. The van der Waals surface area contributed by atoms with Crippen molar-refractivity contribution < 1.29 is 52.1 Å². The van der Waals surface area contributed by atoms with Crippen molar-refractivity contribution in [3.05, 3.63) is 89.9 Å². The molecule has 20 heteroatoms. The summed E-state index contributed by atoms with van der Waals surface area (Å²) in [6.45, 7) is 5.37. The van der Waals surface area contributed by atoms with Gasteiger partial charge in [-0.3, -0.25) is 38.5 Å². The van der Waals surface area contributed by atoms with Crippen LogP contribution in [-0.4, -0.2) is 83.3 Å². The molecule has 6 amide bonds. The average molecular weight is 843 g/mol. The summed E-state index contributed by atoms with van der Waals surface area (Å²) < 4.78 is 28.7. The number of carbonyl (C=O) groups is 5. The predicted octanol–water partition coefficient (Wildman–Crippen LogP) is 5.68. The average Bonchev–Trinajstić information content (AvgIpc) is 3.92. The molecular formula is C40H43N8O11P. The molecule has 19 nitrogen and oxygen atoms in total. The fraction of sp³-hybridized carbons (Fsp3) is 0.325. The highest BCUT2D eigenvalue weighted by Crippen LogP contribution is 2.37. The molecule has 2 aliphatic heterocycles. The number of likely N-dealkylation sites (tertiary alicyclic amines) is 1. The summed E-state index contributed by atoms with van der Waals surface area (Å²) in [7, 11) is -4.95. The van der Waals surface area contributed by atoms with E-state index in [2.05, 4.69) is 30.6 Å². The number of anilines is 3. The summed E-state index contributed by atoms with van der Waals surface area (Å²) in [5, 5.41) is 12.2. The minimum Gasteiger partial charge on any atom is -0.494 e. The van der Waals surface area contributed by atoms with Gasteiger partial charge in [-0.15, -0.1) is 0 Å². The van der Waals surface area contributed by atoms with Gasteiger partial charge in [0.15, 0.2) is 5.82 Å². The van der Waals surface area contributed by atoms with Gasteiger partial charge in [0, 0.05) is 65.1 Å². The van der Waals surface area contributed by atoms with Crippen LogP contribution in [-0.2, 0) is 35.4 Å². The Balaban J connectivity index is 0.865. The Morgan fingerprint density at radius 1 is 0.983 bits per heavy atom. The van der Waals surface area contributed by atoms with E-state index in [1.54, 1.807) is 42.7 Å². The molecule has 60 heavy (non-hydrogen) atoms. The molecule has 0 bridgehead atoms. The van der Waals surface area contributed by atoms with Crippen LogP contribution in [0.5, 0.6) is 5.75 Å². The van der Waals surface area contributed by atoms with Crippen LogP contribution in [0.3, 0.4) is 0 Å². The number of piperidine rings is 1. The van der Waals surface area contributed by atoms with Crippen molar-refractivity contribution in [2.45, 2.75) is 70.9 Å². The molecule has 7 rings (SSSR count). The van der Waals surface area contributed by atoms with Crippen LogP contribution in [0, 0.1) is 0 Å². The van der Waals surface area contributed by atoms with Crippen LogP contribution in [0.1, 0.15) is 74.6 Å². The van der Waals surface area contributed by atoms with Crippen molar-refractivity contribution in [2.24, 2.45) is 0 Å². The van der Waals surface area contributed by atoms with E-state index in [0.29, 0.717) is 64.2 Å². The number of nitrogens with one attached hydrogen (secondary N) is 3. The monoisotopic (exact) mass is 842 g/mol. The lowest BCUT2D eigenvalue weighted by Crippen LogP contribution is -2.55. The fourth-order valence-electron chi connectivity index (χ4n) is 6.85. The Morgan fingerprint density at radius 3 is 2.50 bits per heavy atom. The number of amides is 6. The van der Waals surface area contributed by atoms with Crippen LogP contribution in [0.2, 0.25) is 0 Å². The van der Waals surface area contributed by atoms with Gasteiger partial charge in [-0.25, -0.2) is 14.3 Å². The van der Waals surface area contributed by atoms with E-state index in [1.807, 2.05) is 55.7 Å². The van der Waals surface area contributed by atoms with E-state index < -0.39 is 44.3 Å². The number of hydrogen-bond acceptors (Lipinski definition) is 11. The van der Waals surface area contributed by atoms with E-state index in [0.717, 1.165) is 16.7 Å². The molecule has 1 atom stereocenters. The second kappa shape index (κ2) is 17.1. The smallest absolute Gasteiger partial charge is 0.471 e. The number of hydrogen-bond donors (Lipinski definition) is 5. The zero-order valence-electron chi connectivity index (χ0n) is 32.9. The molecule has 1 fully saturated rings. The fourth-order valence-corrected chi connectivity index (χ4v) is 7.12. The quantitative estimate of drug-likeness (QED) is 0.0513. The molecular weight excluding hydrogens is 799 g/mol. The third kappa shape index (κ3) is 9.55. The highest BCUT2D eigenvalue weighted by molar-refractivity contribution is 7.46. The third-order valence-corrected chi connectivity index (χ3v) is 10.4. The third-order valence-electron chi connectivity index (χ3n) is 9.96. The first-order chi connectivity index (χ1) is 28.5. The van der Waals surface area contributed by atoms with E-state index in [1.165, 1.54) is 4.90 Å². The number of rotatable bonds is 14. The normalized spacial score (nSPS) is 15.7. The van der Waals surface area contributed by atoms with Crippen molar-refractivity contribution in [1.82, 2.24) is 24.5 Å². The number of phosphoric acid groups is 1. The predicted molar refractivity (Wildman–Crippen MR) is 216 cm³/mol. The maximum absolute atomic E-state index is 13.4. The number of ether oxygens (including phenoxy) is 1. The van der Waals surface area contributed by atoms with Crippen LogP contribution >= 0.6 is 7.82 Å². The zero-order valence-corrected chi connectivity index (χ0v) is 33.8. The number of fused-ring (bicyclic) bond motifs is 2. The molecule has 314 valence electrons. The minimum absolute atomic E-state index is 0.00629. The summed E-state index contributed by atoms with van der Waals surface area (Å²) >= 11 is 0. The molecule has 0 radical (unpaired) electrons. The first-order valence-electron chi connectivity index (χ1n) is 19.1. The van der Waals surface area contributed by atoms with Gasteiger partial charge in [0.1, 0.15) is 30.6 Å². The summed E-state index contributed by atoms with van der Waals surface area (Å²) in [6.07, 6.45) is 2.90. The second-order valence-electron chi connectivity index (χ2n) is 15.3. The molecule has 1 unspecified atom stereocenters. The van der Waals surface area contributed by atoms with E-state index in [9.17, 15) is 28.5 Å². The number of unbranched alkanes of at least 4 members (excludes halogenated alkanes) is 1. The van der Waals surface area contributed by atoms with Crippen molar-refractivity contribution >= 4 is 65.7 Å². The Bertz CT molecular complexity index is 2510. The van der Waals surface area contributed by atoms with Gasteiger partial charge in [0.25, 0.3) is 11.8 Å². The SMILES string of the molecule is CC(C)(C)c1cc(NC(=O)Nc2ccc(-n3cnc4cc(OCCCCC(=O)Nc5cccc6c5CN(C5CCC(=O)N(COP(=O)(O)O)C5=O)C6=O)ccc43)cc2)no1. The van der Waals surface area contributed by atoms with Gasteiger partial charge < -0.3 is 34.6 Å². The van der Waals surface area contributed by atoms with E-state index >= 15 is 0 Å². The Morgan fingerprint density at radius 2 is 1.77 bits per heavy atom. The highest BCUT2D eigenvalue weighted by atomic mass is 31.2. The number of aromatic nitrogens is 3. The van der Waals surface area contributed by atoms with Gasteiger partial charge in [0.2, 0.25) is 11.8 Å². The topological polar surface area (TPSA) is 248 Å². The van der Waals surface area contributed by atoms with E-state index in [-0.39, 0.29) is 37.1 Å². The number of nitrogens with zero attached hydrogens (tertiary/aromatic N) is 5. The summed E-state index contributed by atoms with van der Waals surface area (Å²) in [4.78, 5) is 88.8. The Labute approximate surface area is 343 Å². The second-order valence-corrected chi connectivity index (χ2v) is 16.5. The molecule has 0 saturated carbocycles. The van der Waals surface area contributed by atoms with Gasteiger partial charge in [-0.1, -0.05) is 32.0 Å². The van der Waals surface area contributed by atoms with Gasteiger partial charge in [0.05, 0.1) is 17.6 Å². The van der Waals surface area contributed by atoms with Crippen LogP contribution in [0.4, 0.5) is 22.0 Å². The lowest BCUT2D eigenvalue weighted by molar-refractivity contribution is -0.156. The molecule has 4 heterocycles. The summed E-state index contributed by atoms with van der Waals surface area (Å²) in [5.74, 6) is -0.602. The van der Waals surface area contributed by atoms with E-state index in [4.69, 9.17) is 19.0 Å². The standard InChI is InChI=1S/C40H43N8O11P/c1-40(2,3)33-20-34(45-59-33)44-39(53)42-24-10-12-25(13-11-24)47-22-41-30-19-26(14-15-31(30)47)57-18-5-4-9-35(49)43-29-8-6-7-27-28(29)21-46(37(27)51)32-16-17-36(50)48(38(32)52)23-58-60(54,55)56/h6-8,10-15,19-20,22,32H,4-5,9,16-18,21,23H2,1-3H3,(H,43,49)(H2,54,55,56)(H2,42,44,45,53). The number of carbonyl (C=O) groups excluding carboxylic acids is 5. The van der Waals surface area contributed by atoms with Crippen molar-refractivity contribution in [2.75, 3.05) is 29.3 Å². The number of benzene rings is 3. The lowest BCUT2D eigenvalue weighted by Gasteiger charge is -2.35. The first kappa shape index (κ1) is 41.7. The van der Waals surface area contributed by atoms with Crippen molar-refractivity contribution in [3.63, 3.8) is 0 Å². The van der Waals surface area contributed by atoms with Gasteiger partial charge in [-0.05, 0) is 67.8 Å². The Kier molecular flexibility index (Phi) is 11.9. The molecule has 1 saturated heterocycles. The number of phosphoric ester groups is 1. The highest BCUT2D eigenvalue weighted by Gasteiger charge is 2.44. The molecule has 0 spiro atoms. The van der Waals surface area contributed by atoms with Crippen molar-refractivity contribution in [3.8, 4) is 11.4 Å². The molecule has 5 aromatic rings. The molecule has 2 aromatic heterocycles. The zero-order chi connectivity index (χ0) is 42.8. The molecule has 3 aromatic carbocycles. The maximum atomic E-state index is 13.4. The molecule has 2 aliphatic rings. The number of urea groups is 1. The van der Waals surface area contributed by atoms with Crippen LogP contribution < -0.4 is 20.7 Å². The van der Waals surface area contributed by atoms with Gasteiger partial charge in [-0.2, -0.15) is 0 Å². The minimum atomic E-state index is -4.95. The Hall–Kier alpha value is -6.40. The summed E-state index contributed by atoms with van der Waals surface area (Å²) in [5.41, 5.74) is 4.00. The van der Waals surface area contributed by atoms with Crippen LogP contribution in [0.15, 0.2) is 77.6 Å². The summed E-state index contributed by atoms with van der Waals surface area (Å²) in [6, 6.07) is 17.9. The maximum Gasteiger partial charge on any atom is 0.471 e. The lowest BCUT2D eigenvalue weighted by atomic mass is 9.93. The first-order valence-corrected chi connectivity index (χ1v) is 20.6.